The first-order valence-corrected chi connectivity index (χ1v) is 13.4. The summed E-state index contributed by atoms with van der Waals surface area (Å²) in [5.74, 6) is -0.699. The molecule has 1 atom stereocenters. The summed E-state index contributed by atoms with van der Waals surface area (Å²) >= 11 is 0. The molecule has 1 fully saturated rings. The van der Waals surface area contributed by atoms with E-state index < -0.39 is 19.6 Å². The van der Waals surface area contributed by atoms with Crippen LogP contribution in [0.1, 0.15) is 51.2 Å². The molecule has 33 heavy (non-hydrogen) atoms. The van der Waals surface area contributed by atoms with Gasteiger partial charge in [-0.25, -0.2) is 0 Å². The van der Waals surface area contributed by atoms with E-state index in [1.165, 1.54) is 0 Å². The molecule has 1 heterocycles. The number of nitrogens with one attached hydrogen (secondary N) is 1. The lowest BCUT2D eigenvalue weighted by Gasteiger charge is -2.29. The van der Waals surface area contributed by atoms with Crippen LogP contribution in [0, 0.1) is 0 Å². The highest BCUT2D eigenvalue weighted by atomic mass is 31.2. The molecule has 1 aliphatic heterocycles. The Hall–Kier alpha value is -1.77. The van der Waals surface area contributed by atoms with Crippen molar-refractivity contribution in [2.24, 2.45) is 5.73 Å². The Kier molecular flexibility index (Phi) is 14.2. The molecule has 1 aliphatic rings. The molecule has 4 N–H and O–H groups in total. The number of piperazine rings is 1. The molecule has 1 saturated heterocycles. The van der Waals surface area contributed by atoms with Crippen LogP contribution in [0.15, 0.2) is 24.3 Å². The smallest absolute Gasteiger partial charge is 0.335 e. The van der Waals surface area contributed by atoms with Crippen molar-refractivity contribution in [2.45, 2.75) is 58.7 Å². The topological polar surface area (TPSA) is 131 Å². The molecule has 0 aromatic heterocycles. The van der Waals surface area contributed by atoms with E-state index in [1.54, 1.807) is 13.8 Å². The molecule has 0 saturated carbocycles. The standard InChI is InChI=1S/C18H30N3O4P.C5H10O2/c1-3-24-26(23,25-4-2)14-16-7-5-15(6-8-16)13-17(19)18(22)21-11-9-20-10-12-21;1-2-3-4-5(6)7/h5-8,17,20H,3-4,9-14,19H2,1-2H3;2-4H2,1H3,(H,6,7). The normalized spacial score (nSPS) is 14.8. The van der Waals surface area contributed by atoms with Gasteiger partial charge in [-0.05, 0) is 37.8 Å². The predicted molar refractivity (Wildman–Crippen MR) is 129 cm³/mol. The van der Waals surface area contributed by atoms with Crippen molar-refractivity contribution in [3.63, 3.8) is 0 Å². The first kappa shape index (κ1) is 29.3. The maximum Gasteiger partial charge on any atom is 0.335 e. The van der Waals surface area contributed by atoms with E-state index in [9.17, 15) is 14.2 Å². The van der Waals surface area contributed by atoms with Gasteiger partial charge in [0.25, 0.3) is 0 Å². The third kappa shape index (κ3) is 11.8. The molecule has 0 spiro atoms. The highest BCUT2D eigenvalue weighted by molar-refractivity contribution is 7.53. The molecular weight excluding hydrogens is 445 g/mol. The monoisotopic (exact) mass is 485 g/mol. The van der Waals surface area contributed by atoms with Gasteiger partial charge in [0, 0.05) is 32.6 Å². The first-order valence-electron chi connectivity index (χ1n) is 11.7. The van der Waals surface area contributed by atoms with Crippen molar-refractivity contribution < 1.29 is 28.3 Å². The summed E-state index contributed by atoms with van der Waals surface area (Å²) in [5.41, 5.74) is 7.96. The van der Waals surface area contributed by atoms with Crippen molar-refractivity contribution in [1.82, 2.24) is 10.2 Å². The Labute approximate surface area is 197 Å². The zero-order chi connectivity index (χ0) is 24.7. The molecule has 2 rings (SSSR count). The van der Waals surface area contributed by atoms with Crippen LogP contribution < -0.4 is 11.1 Å². The molecule has 0 radical (unpaired) electrons. The minimum absolute atomic E-state index is 0.00670. The lowest BCUT2D eigenvalue weighted by atomic mass is 10.0. The highest BCUT2D eigenvalue weighted by Crippen LogP contribution is 2.51. The summed E-state index contributed by atoms with van der Waals surface area (Å²) in [4.78, 5) is 24.0. The van der Waals surface area contributed by atoms with E-state index in [-0.39, 0.29) is 12.1 Å². The molecule has 1 unspecified atom stereocenters. The Bertz CT molecular complexity index is 743. The fourth-order valence-corrected chi connectivity index (χ4v) is 5.02. The number of rotatable bonds is 12. The maximum atomic E-state index is 12.6. The van der Waals surface area contributed by atoms with Crippen molar-refractivity contribution in [1.29, 1.82) is 0 Å². The molecule has 1 aromatic rings. The van der Waals surface area contributed by atoms with Crippen LogP contribution in [-0.4, -0.2) is 67.3 Å². The number of aliphatic carboxylic acids is 1. The summed E-state index contributed by atoms with van der Waals surface area (Å²) in [5, 5.41) is 11.3. The van der Waals surface area contributed by atoms with Crippen LogP contribution >= 0.6 is 7.60 Å². The third-order valence-corrected chi connectivity index (χ3v) is 7.05. The van der Waals surface area contributed by atoms with Gasteiger partial charge in [-0.3, -0.25) is 14.2 Å². The fourth-order valence-electron chi connectivity index (χ4n) is 3.32. The SMILES string of the molecule is CCCCC(=O)O.CCOP(=O)(Cc1ccc(CC(N)C(=O)N2CCNCC2)cc1)OCC. The minimum Gasteiger partial charge on any atom is -0.481 e. The molecule has 1 aromatic carbocycles. The van der Waals surface area contributed by atoms with Crippen LogP contribution in [0.25, 0.3) is 0 Å². The van der Waals surface area contributed by atoms with Crippen molar-refractivity contribution >= 4 is 19.5 Å². The zero-order valence-electron chi connectivity index (χ0n) is 20.1. The second-order valence-corrected chi connectivity index (χ2v) is 9.86. The fraction of sp³-hybridized carbons (Fsp3) is 0.652. The van der Waals surface area contributed by atoms with Crippen LogP contribution in [0.2, 0.25) is 0 Å². The van der Waals surface area contributed by atoms with Crippen molar-refractivity contribution in [3.05, 3.63) is 35.4 Å². The van der Waals surface area contributed by atoms with Gasteiger partial charge in [-0.15, -0.1) is 0 Å². The highest BCUT2D eigenvalue weighted by Gasteiger charge is 2.25. The van der Waals surface area contributed by atoms with E-state index in [1.807, 2.05) is 36.1 Å². The number of nitrogens with two attached hydrogens (primary N) is 1. The third-order valence-electron chi connectivity index (χ3n) is 5.00. The Morgan fingerprint density at radius 3 is 2.09 bits per heavy atom. The van der Waals surface area contributed by atoms with Gasteiger partial charge in [0.2, 0.25) is 5.91 Å². The van der Waals surface area contributed by atoms with Gasteiger partial charge in [0.15, 0.2) is 0 Å². The summed E-state index contributed by atoms with van der Waals surface area (Å²) in [6.45, 7) is 9.29. The number of carbonyl (C=O) groups is 2. The second kappa shape index (κ2) is 16.0. The molecule has 188 valence electrons. The number of carboxylic acid groups (broad SMARTS) is 1. The summed E-state index contributed by atoms with van der Waals surface area (Å²) in [6.07, 6.45) is 2.80. The van der Waals surface area contributed by atoms with E-state index in [4.69, 9.17) is 19.9 Å². The van der Waals surface area contributed by atoms with Gasteiger partial charge in [-0.1, -0.05) is 37.6 Å². The molecule has 10 heteroatoms. The lowest BCUT2D eigenvalue weighted by molar-refractivity contribution is -0.137. The predicted octanol–water partition coefficient (Wildman–Crippen LogP) is 3.02. The minimum atomic E-state index is -3.11. The van der Waals surface area contributed by atoms with Crippen LogP contribution in [0.4, 0.5) is 0 Å². The maximum absolute atomic E-state index is 12.6. The lowest BCUT2D eigenvalue weighted by Crippen LogP contribution is -2.52. The van der Waals surface area contributed by atoms with Gasteiger partial charge >= 0.3 is 13.6 Å². The van der Waals surface area contributed by atoms with Crippen LogP contribution in [0.3, 0.4) is 0 Å². The first-order chi connectivity index (χ1) is 15.7. The molecule has 1 amide bonds. The van der Waals surface area contributed by atoms with Crippen molar-refractivity contribution in [3.8, 4) is 0 Å². The van der Waals surface area contributed by atoms with Gasteiger partial charge < -0.3 is 30.1 Å². The summed E-state index contributed by atoms with van der Waals surface area (Å²) in [7, 11) is -3.11. The van der Waals surface area contributed by atoms with Gasteiger partial charge in [0.05, 0.1) is 25.4 Å². The zero-order valence-corrected chi connectivity index (χ0v) is 21.0. The Morgan fingerprint density at radius 1 is 1.09 bits per heavy atom. The summed E-state index contributed by atoms with van der Waals surface area (Å²) in [6, 6.07) is 7.08. The number of nitrogens with zero attached hydrogens (tertiary/aromatic N) is 1. The van der Waals surface area contributed by atoms with Gasteiger partial charge in [-0.2, -0.15) is 0 Å². The molecular formula is C23H40N3O6P. The molecule has 9 nitrogen and oxygen atoms in total. The number of carbonyl (C=O) groups excluding carboxylic acids is 1. The number of benzene rings is 1. The average Bonchev–Trinajstić information content (AvgIpc) is 2.79. The molecule has 0 aliphatic carbocycles. The Balaban J connectivity index is 0.000000675. The number of unbranched alkanes of at least 4 members (excludes halogenated alkanes) is 1. The largest absolute Gasteiger partial charge is 0.481 e. The number of carboxylic acids is 1. The van der Waals surface area contributed by atoms with Crippen molar-refractivity contribution in [2.75, 3.05) is 39.4 Å². The van der Waals surface area contributed by atoms with E-state index in [2.05, 4.69) is 5.32 Å². The second-order valence-electron chi connectivity index (χ2n) is 7.80. The van der Waals surface area contributed by atoms with E-state index in [0.717, 1.165) is 37.1 Å². The average molecular weight is 486 g/mol. The van der Waals surface area contributed by atoms with Crippen LogP contribution in [0.5, 0.6) is 0 Å². The quantitative estimate of drug-likeness (QED) is 0.385. The number of hydrogen-bond donors (Lipinski definition) is 3. The number of amides is 1. The van der Waals surface area contributed by atoms with E-state index in [0.29, 0.717) is 39.1 Å². The Morgan fingerprint density at radius 2 is 1.64 bits per heavy atom. The van der Waals surface area contributed by atoms with Crippen LogP contribution in [-0.2, 0) is 35.8 Å². The number of hydrogen-bond acceptors (Lipinski definition) is 7. The molecule has 0 bridgehead atoms. The van der Waals surface area contributed by atoms with Gasteiger partial charge in [0.1, 0.15) is 0 Å². The summed E-state index contributed by atoms with van der Waals surface area (Å²) < 4.78 is 23.2. The van der Waals surface area contributed by atoms with E-state index >= 15 is 0 Å².